The van der Waals surface area contributed by atoms with E-state index in [0.29, 0.717) is 23.7 Å². The van der Waals surface area contributed by atoms with Gasteiger partial charge in [-0.3, -0.25) is 14.3 Å². The minimum Gasteiger partial charge on any atom is -0.497 e. The SMILES string of the molecule is COc1ccc2c(c1)-c1cc(OC)ccc1C2c1cn([C@@H]2O[C@H](CO[Si](C)(C)C(C)(C)C)[C@@H](O[Si](C)(C)C(C)(C)C)[C@H]2O[Si](C)(C)C(C)(C)C)c(=O)[nH]c1=O. The zero-order valence-corrected chi connectivity index (χ0v) is 39.3. The summed E-state index contributed by atoms with van der Waals surface area (Å²) in [6.07, 6.45) is -0.923. The molecule has 3 aromatic rings. The van der Waals surface area contributed by atoms with Crippen LogP contribution in [0.5, 0.6) is 11.5 Å². The number of nitrogens with one attached hydrogen (secondary N) is 1. The largest absolute Gasteiger partial charge is 0.497 e. The van der Waals surface area contributed by atoms with Gasteiger partial charge in [-0.05, 0) is 101 Å². The lowest BCUT2D eigenvalue weighted by Gasteiger charge is -2.44. The Kier molecular flexibility index (Phi) is 11.7. The van der Waals surface area contributed by atoms with Crippen molar-refractivity contribution in [3.63, 3.8) is 0 Å². The molecule has 1 aromatic heterocycles. The van der Waals surface area contributed by atoms with Gasteiger partial charge in [0.05, 0.1) is 20.8 Å². The maximum atomic E-state index is 14.2. The summed E-state index contributed by atoms with van der Waals surface area (Å²) < 4.78 is 41.3. The fourth-order valence-corrected chi connectivity index (χ4v) is 10.2. The molecule has 1 aliphatic heterocycles. The van der Waals surface area contributed by atoms with Crippen LogP contribution in [0.3, 0.4) is 0 Å². The number of ether oxygens (including phenoxy) is 3. The first-order valence-electron chi connectivity index (χ1n) is 19.5. The Hall–Kier alpha value is -2.79. The van der Waals surface area contributed by atoms with Gasteiger partial charge in [0.15, 0.2) is 31.2 Å². The summed E-state index contributed by atoms with van der Waals surface area (Å²) in [5, 5.41) is -0.270. The van der Waals surface area contributed by atoms with E-state index in [1.165, 1.54) is 4.57 Å². The summed E-state index contributed by atoms with van der Waals surface area (Å²) in [6, 6.07) is 11.8. The molecule has 4 atom stereocenters. The monoisotopic (exact) mass is 810 g/mol. The lowest BCUT2D eigenvalue weighted by molar-refractivity contribution is -0.0511. The lowest BCUT2D eigenvalue weighted by atomic mass is 9.91. The smallest absolute Gasteiger partial charge is 0.330 e. The maximum absolute atomic E-state index is 14.2. The Labute approximate surface area is 331 Å². The van der Waals surface area contributed by atoms with Crippen LogP contribution in [0.25, 0.3) is 11.1 Å². The van der Waals surface area contributed by atoms with E-state index in [1.54, 1.807) is 20.4 Å². The molecular weight excluding hydrogens is 745 g/mol. The summed E-state index contributed by atoms with van der Waals surface area (Å²) >= 11 is 0. The van der Waals surface area contributed by atoms with Gasteiger partial charge in [0, 0.05) is 17.7 Å². The second-order valence-corrected chi connectivity index (χ2v) is 34.2. The molecule has 1 saturated heterocycles. The van der Waals surface area contributed by atoms with Gasteiger partial charge in [0.1, 0.15) is 29.8 Å². The number of rotatable bonds is 11. The van der Waals surface area contributed by atoms with Crippen LogP contribution in [-0.4, -0.2) is 73.6 Å². The van der Waals surface area contributed by atoms with Crippen molar-refractivity contribution >= 4 is 25.0 Å². The molecule has 1 N–H and O–H groups in total. The van der Waals surface area contributed by atoms with Crippen LogP contribution < -0.4 is 20.7 Å². The van der Waals surface area contributed by atoms with E-state index >= 15 is 0 Å². The molecule has 0 radical (unpaired) electrons. The predicted molar refractivity (Wildman–Crippen MR) is 228 cm³/mol. The molecule has 0 unspecified atom stereocenters. The molecule has 2 aromatic carbocycles. The molecule has 0 spiro atoms. The van der Waals surface area contributed by atoms with Gasteiger partial charge in [0.2, 0.25) is 0 Å². The molecule has 304 valence electrons. The number of H-pyrrole nitrogens is 1. The Bertz CT molecular complexity index is 1950. The average molecular weight is 811 g/mol. The molecule has 2 heterocycles. The van der Waals surface area contributed by atoms with Crippen molar-refractivity contribution in [1.29, 1.82) is 0 Å². The topological polar surface area (TPSA) is 110 Å². The van der Waals surface area contributed by atoms with E-state index in [1.807, 2.05) is 36.4 Å². The van der Waals surface area contributed by atoms with E-state index in [2.05, 4.69) is 107 Å². The van der Waals surface area contributed by atoms with E-state index < -0.39 is 66.7 Å². The van der Waals surface area contributed by atoms with E-state index in [-0.39, 0.29) is 15.1 Å². The minimum absolute atomic E-state index is 0.0233. The van der Waals surface area contributed by atoms with Crippen molar-refractivity contribution in [3.05, 3.63) is 80.1 Å². The third kappa shape index (κ3) is 8.30. The molecule has 2 aliphatic rings. The summed E-state index contributed by atoms with van der Waals surface area (Å²) in [4.78, 5) is 30.9. The standard InChI is InChI=1S/C42H66N2O8Si3/c1-40(2,3)53(12,13)49-25-33-35(51-54(14,15)41(4,5)6)36(52-55(16,17)42(7,8)9)38(50-33)44-24-32(37(45)43-39(44)46)34-28-20-18-26(47-10)22-30(28)31-23-27(48-11)19-21-29(31)34/h18-24,33-36,38H,25H2,1-17H3,(H,43,45,46)/t33-,35-,36-,38-/m1/s1. The molecule has 1 aliphatic carbocycles. The zero-order chi connectivity index (χ0) is 41.3. The first-order valence-corrected chi connectivity index (χ1v) is 28.2. The number of benzene rings is 2. The Balaban J connectivity index is 1.71. The summed E-state index contributed by atoms with van der Waals surface area (Å²) in [7, 11) is -3.86. The second kappa shape index (κ2) is 14.9. The molecule has 0 amide bonds. The van der Waals surface area contributed by atoms with Crippen molar-refractivity contribution in [1.82, 2.24) is 9.55 Å². The summed E-state index contributed by atoms with van der Waals surface area (Å²) in [5.41, 5.74) is 3.15. The highest BCUT2D eigenvalue weighted by atomic mass is 28.4. The number of hydrogen-bond acceptors (Lipinski definition) is 8. The summed E-state index contributed by atoms with van der Waals surface area (Å²) in [6.45, 7) is 33.6. The molecular formula is C42H66N2O8Si3. The van der Waals surface area contributed by atoms with Gasteiger partial charge in [-0.15, -0.1) is 0 Å². The van der Waals surface area contributed by atoms with Crippen LogP contribution in [0.15, 0.2) is 52.2 Å². The van der Waals surface area contributed by atoms with Crippen molar-refractivity contribution in [3.8, 4) is 22.6 Å². The first-order chi connectivity index (χ1) is 25.1. The summed E-state index contributed by atoms with van der Waals surface area (Å²) in [5.74, 6) is 0.946. The molecule has 13 heteroatoms. The fraction of sp³-hybridized carbons (Fsp3) is 0.619. The van der Waals surface area contributed by atoms with Crippen LogP contribution in [0.2, 0.25) is 54.4 Å². The van der Waals surface area contributed by atoms with Crippen LogP contribution >= 0.6 is 0 Å². The number of aromatic nitrogens is 2. The number of nitrogens with zero attached hydrogens (tertiary/aromatic N) is 1. The number of hydrogen-bond donors (Lipinski definition) is 1. The van der Waals surface area contributed by atoms with Crippen LogP contribution in [0, 0.1) is 0 Å². The third-order valence-corrected chi connectivity index (χ3v) is 26.6. The minimum atomic E-state index is -2.49. The normalized spacial score (nSPS) is 21.1. The molecule has 1 fully saturated rings. The van der Waals surface area contributed by atoms with E-state index in [4.69, 9.17) is 27.5 Å². The van der Waals surface area contributed by atoms with E-state index in [0.717, 1.165) is 22.3 Å². The van der Waals surface area contributed by atoms with Crippen LogP contribution in [-0.2, 0) is 18.0 Å². The Morgan fingerprint density at radius 3 is 1.56 bits per heavy atom. The predicted octanol–water partition coefficient (Wildman–Crippen LogP) is 9.41. The van der Waals surface area contributed by atoms with Crippen LogP contribution in [0.4, 0.5) is 0 Å². The second-order valence-electron chi connectivity index (χ2n) is 19.9. The van der Waals surface area contributed by atoms with Gasteiger partial charge < -0.3 is 27.5 Å². The third-order valence-electron chi connectivity index (χ3n) is 13.2. The number of methoxy groups -OCH3 is 2. The molecule has 5 rings (SSSR count). The molecule has 0 bridgehead atoms. The van der Waals surface area contributed by atoms with Gasteiger partial charge in [-0.25, -0.2) is 4.79 Å². The van der Waals surface area contributed by atoms with Crippen LogP contribution in [0.1, 0.15) is 91.1 Å². The maximum Gasteiger partial charge on any atom is 0.330 e. The molecule has 0 saturated carbocycles. The van der Waals surface area contributed by atoms with Gasteiger partial charge >= 0.3 is 5.69 Å². The molecule has 55 heavy (non-hydrogen) atoms. The zero-order valence-electron chi connectivity index (χ0n) is 36.3. The quantitative estimate of drug-likeness (QED) is 0.149. The number of fused-ring (bicyclic) bond motifs is 3. The first kappa shape index (κ1) is 43.3. The molecule has 10 nitrogen and oxygen atoms in total. The average Bonchev–Trinajstić information content (AvgIpc) is 3.55. The van der Waals surface area contributed by atoms with Crippen molar-refractivity contribution < 1.29 is 27.5 Å². The van der Waals surface area contributed by atoms with Gasteiger partial charge in [0.25, 0.3) is 5.56 Å². The fourth-order valence-electron chi connectivity index (χ4n) is 6.57. The Morgan fingerprint density at radius 2 is 1.13 bits per heavy atom. The van der Waals surface area contributed by atoms with Crippen molar-refractivity contribution in [2.45, 2.75) is 147 Å². The van der Waals surface area contributed by atoms with E-state index in [9.17, 15) is 9.59 Å². The lowest BCUT2D eigenvalue weighted by Crippen LogP contribution is -2.55. The van der Waals surface area contributed by atoms with Crippen molar-refractivity contribution in [2.24, 2.45) is 0 Å². The highest BCUT2D eigenvalue weighted by molar-refractivity contribution is 6.75. The van der Waals surface area contributed by atoms with Gasteiger partial charge in [-0.2, -0.15) is 0 Å². The highest BCUT2D eigenvalue weighted by Gasteiger charge is 2.55. The van der Waals surface area contributed by atoms with Crippen molar-refractivity contribution in [2.75, 3.05) is 20.8 Å². The number of aromatic amines is 1. The van der Waals surface area contributed by atoms with Gasteiger partial charge in [-0.1, -0.05) is 74.4 Å². The Morgan fingerprint density at radius 1 is 0.673 bits per heavy atom. The highest BCUT2D eigenvalue weighted by Crippen LogP contribution is 2.50.